The number of halogens is 3. The summed E-state index contributed by atoms with van der Waals surface area (Å²) < 4.78 is 48.3. The molecule has 0 aliphatic rings. The van der Waals surface area contributed by atoms with Crippen molar-refractivity contribution in [3.8, 4) is 23.2 Å². The summed E-state index contributed by atoms with van der Waals surface area (Å²) in [5, 5.41) is 7.20. The van der Waals surface area contributed by atoms with Crippen molar-refractivity contribution in [3.05, 3.63) is 82.9 Å². The molecular weight excluding hydrogens is 475 g/mol. The molecule has 186 valence electrons. The van der Waals surface area contributed by atoms with E-state index in [1.165, 1.54) is 12.1 Å². The summed E-state index contributed by atoms with van der Waals surface area (Å²) in [6.07, 6.45) is -4.80. The molecule has 0 atom stereocenters. The number of nitrogens with one attached hydrogen (secondary N) is 1. The predicted molar refractivity (Wildman–Crippen MR) is 126 cm³/mol. The van der Waals surface area contributed by atoms with Crippen molar-refractivity contribution in [2.24, 2.45) is 0 Å². The van der Waals surface area contributed by atoms with Gasteiger partial charge in [0.2, 0.25) is 5.88 Å². The molecule has 1 N–H and O–H groups in total. The fraction of sp³-hybridized carbons (Fsp3) is 0.200. The average Bonchev–Trinajstić information content (AvgIpc) is 3.07. The monoisotopic (exact) mass is 497 g/mol. The second-order valence-electron chi connectivity index (χ2n) is 7.97. The Morgan fingerprint density at radius 3 is 2.14 bits per heavy atom. The maximum atomic E-state index is 12.4. The first-order chi connectivity index (χ1) is 17.0. The number of benzene rings is 2. The van der Waals surface area contributed by atoms with Gasteiger partial charge in [0.25, 0.3) is 5.91 Å². The molecule has 0 radical (unpaired) electrons. The Labute approximate surface area is 204 Å². The summed E-state index contributed by atoms with van der Waals surface area (Å²) in [4.78, 5) is 21.2. The number of aryl methyl sites for hydroxylation is 2. The molecule has 36 heavy (non-hydrogen) atoms. The number of ether oxygens (including phenoxy) is 2. The van der Waals surface area contributed by atoms with E-state index in [1.54, 1.807) is 41.9 Å². The summed E-state index contributed by atoms with van der Waals surface area (Å²) in [7, 11) is 0. The van der Waals surface area contributed by atoms with Gasteiger partial charge in [-0.05, 0) is 81.8 Å². The smallest absolute Gasteiger partial charge is 0.439 e. The molecule has 8 nitrogen and oxygen atoms in total. The molecule has 4 aromatic rings. The van der Waals surface area contributed by atoms with E-state index in [4.69, 9.17) is 4.74 Å². The molecule has 2 aromatic heterocycles. The van der Waals surface area contributed by atoms with Crippen LogP contribution in [0.5, 0.6) is 17.4 Å². The predicted octanol–water partition coefficient (Wildman–Crippen LogP) is 5.84. The van der Waals surface area contributed by atoms with Gasteiger partial charge in [0.15, 0.2) is 5.82 Å². The molecule has 0 bridgehead atoms. The normalized spacial score (nSPS) is 11.3. The zero-order chi connectivity index (χ0) is 26.0. The van der Waals surface area contributed by atoms with Crippen LogP contribution in [0.3, 0.4) is 0 Å². The highest BCUT2D eigenvalue weighted by molar-refractivity contribution is 6.04. The highest BCUT2D eigenvalue weighted by Crippen LogP contribution is 2.26. The van der Waals surface area contributed by atoms with E-state index in [2.05, 4.69) is 25.1 Å². The third-order valence-corrected chi connectivity index (χ3v) is 5.36. The Balaban J connectivity index is 1.43. The maximum Gasteiger partial charge on any atom is 0.573 e. The second kappa shape index (κ2) is 9.68. The molecule has 0 saturated carbocycles. The van der Waals surface area contributed by atoms with Crippen LogP contribution in [0.4, 0.5) is 18.9 Å². The fourth-order valence-corrected chi connectivity index (χ4v) is 3.37. The number of alkyl halides is 3. The zero-order valence-corrected chi connectivity index (χ0v) is 19.8. The highest BCUT2D eigenvalue weighted by Gasteiger charge is 2.31. The van der Waals surface area contributed by atoms with E-state index < -0.39 is 18.0 Å². The molecule has 11 heteroatoms. The van der Waals surface area contributed by atoms with Crippen molar-refractivity contribution in [1.82, 2.24) is 19.7 Å². The van der Waals surface area contributed by atoms with Crippen molar-refractivity contribution in [3.63, 3.8) is 0 Å². The van der Waals surface area contributed by atoms with E-state index in [0.717, 1.165) is 29.1 Å². The van der Waals surface area contributed by atoms with Crippen molar-refractivity contribution >= 4 is 11.6 Å². The van der Waals surface area contributed by atoms with E-state index in [0.29, 0.717) is 29.0 Å². The summed E-state index contributed by atoms with van der Waals surface area (Å²) in [5.41, 5.74) is 3.61. The van der Waals surface area contributed by atoms with Gasteiger partial charge in [0.1, 0.15) is 17.3 Å². The van der Waals surface area contributed by atoms with E-state index in [9.17, 15) is 18.0 Å². The molecular formula is C25H22F3N5O3. The Bertz CT molecular complexity index is 1400. The summed E-state index contributed by atoms with van der Waals surface area (Å²) in [6, 6.07) is 12.9. The number of hydrogen-bond acceptors (Lipinski definition) is 6. The van der Waals surface area contributed by atoms with E-state index in [-0.39, 0.29) is 5.56 Å². The lowest BCUT2D eigenvalue weighted by atomic mass is 10.2. The second-order valence-corrected chi connectivity index (χ2v) is 7.97. The first-order valence-corrected chi connectivity index (χ1v) is 10.8. The van der Waals surface area contributed by atoms with Gasteiger partial charge < -0.3 is 14.8 Å². The van der Waals surface area contributed by atoms with Gasteiger partial charge >= 0.3 is 6.36 Å². The Hall–Kier alpha value is -4.41. The Morgan fingerprint density at radius 1 is 0.917 bits per heavy atom. The van der Waals surface area contributed by atoms with Crippen LogP contribution in [0, 0.1) is 27.7 Å². The molecule has 0 spiro atoms. The molecule has 0 saturated heterocycles. The van der Waals surface area contributed by atoms with Crippen LogP contribution in [0.1, 0.15) is 33.1 Å². The van der Waals surface area contributed by atoms with Crippen molar-refractivity contribution in [2.45, 2.75) is 34.1 Å². The van der Waals surface area contributed by atoms with E-state index >= 15 is 0 Å². The molecule has 0 aliphatic carbocycles. The van der Waals surface area contributed by atoms with Crippen LogP contribution in [-0.4, -0.2) is 32.0 Å². The Morgan fingerprint density at radius 2 is 1.56 bits per heavy atom. The van der Waals surface area contributed by atoms with E-state index in [1.807, 2.05) is 20.8 Å². The van der Waals surface area contributed by atoms with Crippen molar-refractivity contribution < 1.29 is 27.4 Å². The van der Waals surface area contributed by atoms with Crippen LogP contribution in [-0.2, 0) is 0 Å². The molecule has 2 aromatic carbocycles. The van der Waals surface area contributed by atoms with Gasteiger partial charge in [-0.25, -0.2) is 9.67 Å². The van der Waals surface area contributed by atoms with Crippen LogP contribution in [0.15, 0.2) is 54.6 Å². The minimum atomic E-state index is -4.80. The van der Waals surface area contributed by atoms with Crippen LogP contribution >= 0.6 is 0 Å². The van der Waals surface area contributed by atoms with Gasteiger partial charge in [-0.1, -0.05) is 0 Å². The number of rotatable bonds is 6. The quantitative estimate of drug-likeness (QED) is 0.360. The highest BCUT2D eigenvalue weighted by atomic mass is 19.4. The van der Waals surface area contributed by atoms with Crippen LogP contribution in [0.25, 0.3) is 5.82 Å². The third-order valence-electron chi connectivity index (χ3n) is 5.36. The maximum absolute atomic E-state index is 12.4. The number of aromatic nitrogens is 4. The van der Waals surface area contributed by atoms with Crippen molar-refractivity contribution in [2.75, 3.05) is 5.32 Å². The summed E-state index contributed by atoms with van der Waals surface area (Å²) in [5.74, 6) is 1.02. The first-order valence-electron chi connectivity index (χ1n) is 10.8. The van der Waals surface area contributed by atoms with Crippen molar-refractivity contribution in [1.29, 1.82) is 0 Å². The molecule has 1 amide bonds. The SMILES string of the molecule is Cc1nc(Oc2ccc(NC(=O)c3ccc(OC(F)(F)F)cc3)cc2)cc(-n2nc(C)c(C)c2C)n1. The summed E-state index contributed by atoms with van der Waals surface area (Å²) in [6.45, 7) is 7.65. The molecule has 0 aliphatic heterocycles. The lowest BCUT2D eigenvalue weighted by molar-refractivity contribution is -0.274. The zero-order valence-electron chi connectivity index (χ0n) is 19.8. The molecule has 0 fully saturated rings. The minimum absolute atomic E-state index is 0.174. The first kappa shape index (κ1) is 24.7. The van der Waals surface area contributed by atoms with Gasteiger partial charge in [-0.2, -0.15) is 10.1 Å². The van der Waals surface area contributed by atoms with Gasteiger partial charge in [-0.3, -0.25) is 4.79 Å². The summed E-state index contributed by atoms with van der Waals surface area (Å²) >= 11 is 0. The number of anilines is 1. The fourth-order valence-electron chi connectivity index (χ4n) is 3.37. The molecule has 2 heterocycles. The molecule has 0 unspecified atom stereocenters. The van der Waals surface area contributed by atoms with Gasteiger partial charge in [-0.15, -0.1) is 13.2 Å². The standard InChI is InChI=1S/C25H22F3N5O3/c1-14-15(2)32-33(16(14)3)22-13-23(30-17(4)29-22)35-20-11-7-19(8-12-20)31-24(34)18-5-9-21(10-6-18)36-25(26,27)28/h5-13H,1-4H3,(H,31,34). The largest absolute Gasteiger partial charge is 0.573 e. The Kier molecular flexibility index (Phi) is 6.65. The number of hydrogen-bond donors (Lipinski definition) is 1. The lowest BCUT2D eigenvalue weighted by Crippen LogP contribution is -2.17. The number of amides is 1. The number of carbonyl (C=O) groups is 1. The third kappa shape index (κ3) is 5.80. The van der Waals surface area contributed by atoms with Crippen LogP contribution < -0.4 is 14.8 Å². The molecule has 4 rings (SSSR count). The number of carbonyl (C=O) groups excluding carboxylic acids is 1. The van der Waals surface area contributed by atoms with Gasteiger partial charge in [0.05, 0.1) is 5.69 Å². The lowest BCUT2D eigenvalue weighted by Gasteiger charge is -2.11. The van der Waals surface area contributed by atoms with Gasteiger partial charge in [0, 0.05) is 23.0 Å². The average molecular weight is 497 g/mol. The van der Waals surface area contributed by atoms with Crippen LogP contribution in [0.2, 0.25) is 0 Å². The number of nitrogens with zero attached hydrogens (tertiary/aromatic N) is 4. The topological polar surface area (TPSA) is 91.2 Å². The minimum Gasteiger partial charge on any atom is -0.439 e.